The minimum Gasteiger partial charge on any atom is -0.387 e. The summed E-state index contributed by atoms with van der Waals surface area (Å²) in [6.07, 6.45) is 2.35. The molecule has 2 aromatic carbocycles. The lowest BCUT2D eigenvalue weighted by molar-refractivity contribution is -0.136. The Bertz CT molecular complexity index is 1600. The summed E-state index contributed by atoms with van der Waals surface area (Å²) < 4.78 is 32.3. The van der Waals surface area contributed by atoms with Crippen LogP contribution in [0.4, 0.5) is 14.7 Å². The van der Waals surface area contributed by atoms with Crippen molar-refractivity contribution in [1.82, 2.24) is 24.2 Å². The monoisotopic (exact) mass is 550 g/mol. The molecule has 5 rings (SSSR count). The molecule has 2 aromatic heterocycles. The summed E-state index contributed by atoms with van der Waals surface area (Å²) in [4.78, 5) is 37.4. The van der Waals surface area contributed by atoms with E-state index in [1.807, 2.05) is 36.1 Å². The van der Waals surface area contributed by atoms with Gasteiger partial charge in [-0.05, 0) is 37.1 Å². The molecule has 0 saturated carbocycles. The van der Waals surface area contributed by atoms with Crippen LogP contribution < -0.4 is 10.5 Å². The fourth-order valence-electron chi connectivity index (χ4n) is 5.40. The van der Waals surface area contributed by atoms with Crippen LogP contribution >= 0.6 is 0 Å². The molecule has 1 unspecified atom stereocenters. The average molecular weight is 551 g/mol. The minimum absolute atomic E-state index is 0.121. The number of benzene rings is 2. The van der Waals surface area contributed by atoms with E-state index in [4.69, 9.17) is 0 Å². The number of anilines is 1. The maximum atomic E-state index is 15.3. The number of alkyl halides is 1. The zero-order valence-electron chi connectivity index (χ0n) is 22.7. The molecule has 11 heteroatoms. The fraction of sp³-hybridized carbons (Fsp3) is 0.379. The number of amides is 1. The number of aliphatic hydroxyl groups excluding tert-OH is 1. The third kappa shape index (κ3) is 5.21. The SMILES string of the molecule is CC(F)Cc1ccccc1Cn1c2cc(-c3cnc(N4CCN(C(=O)CO)[C@H](C)C4)nc3)c(F)cc2c(=O)n1C. The van der Waals surface area contributed by atoms with Crippen LogP contribution in [0.15, 0.2) is 53.6 Å². The standard InChI is InChI=1S/C29H32F2N6O3/c1-18(30)10-20-6-4-5-7-21(20)16-37-26-12-23(25(31)11-24(26)28(40)34(37)3)22-13-32-29(33-14-22)35-8-9-36(19(2)15-35)27(39)17-38/h4-7,11-14,18-19,38H,8-10,15-17H2,1-3H3/t18?,19-/m1/s1. The van der Waals surface area contributed by atoms with Gasteiger partial charge in [0, 0.05) is 62.7 Å². The van der Waals surface area contributed by atoms with Crippen LogP contribution in [-0.4, -0.2) is 73.7 Å². The van der Waals surface area contributed by atoms with E-state index in [0.29, 0.717) is 43.2 Å². The Morgan fingerprint density at radius 1 is 1.15 bits per heavy atom. The number of piperazine rings is 1. The van der Waals surface area contributed by atoms with Gasteiger partial charge in [-0.15, -0.1) is 0 Å². The van der Waals surface area contributed by atoms with Gasteiger partial charge in [0.25, 0.3) is 5.56 Å². The summed E-state index contributed by atoms with van der Waals surface area (Å²) in [5, 5.41) is 9.42. The van der Waals surface area contributed by atoms with Gasteiger partial charge in [-0.25, -0.2) is 18.7 Å². The first-order valence-electron chi connectivity index (χ1n) is 13.3. The lowest BCUT2D eigenvalue weighted by Gasteiger charge is -2.39. The normalized spacial score (nSPS) is 16.5. The first-order valence-corrected chi connectivity index (χ1v) is 13.3. The van der Waals surface area contributed by atoms with Gasteiger partial charge in [0.15, 0.2) is 0 Å². The van der Waals surface area contributed by atoms with Crippen molar-refractivity contribution in [3.63, 3.8) is 0 Å². The minimum atomic E-state index is -1.01. The number of hydrogen-bond acceptors (Lipinski definition) is 6. The highest BCUT2D eigenvalue weighted by atomic mass is 19.1. The number of aromatic nitrogens is 4. The summed E-state index contributed by atoms with van der Waals surface area (Å²) in [6, 6.07) is 10.3. The van der Waals surface area contributed by atoms with Crippen molar-refractivity contribution in [2.75, 3.05) is 31.1 Å². The highest BCUT2D eigenvalue weighted by Crippen LogP contribution is 2.28. The van der Waals surface area contributed by atoms with Gasteiger partial charge >= 0.3 is 0 Å². The van der Waals surface area contributed by atoms with Crippen LogP contribution in [0.3, 0.4) is 0 Å². The Balaban J connectivity index is 1.46. The summed E-state index contributed by atoms with van der Waals surface area (Å²) in [5.74, 6) is -0.410. The molecule has 0 bridgehead atoms. The highest BCUT2D eigenvalue weighted by Gasteiger charge is 2.28. The van der Waals surface area contributed by atoms with E-state index >= 15 is 4.39 Å². The van der Waals surface area contributed by atoms with Crippen molar-refractivity contribution in [3.8, 4) is 11.1 Å². The maximum absolute atomic E-state index is 15.3. The molecule has 210 valence electrons. The van der Waals surface area contributed by atoms with Crippen LogP contribution in [0.5, 0.6) is 0 Å². The quantitative estimate of drug-likeness (QED) is 0.380. The predicted octanol–water partition coefficient (Wildman–Crippen LogP) is 2.91. The molecule has 0 radical (unpaired) electrons. The van der Waals surface area contributed by atoms with E-state index in [1.54, 1.807) is 35.1 Å². The summed E-state index contributed by atoms with van der Waals surface area (Å²) in [5.41, 5.74) is 2.68. The van der Waals surface area contributed by atoms with Gasteiger partial charge < -0.3 is 14.9 Å². The molecule has 9 nitrogen and oxygen atoms in total. The van der Waals surface area contributed by atoms with Gasteiger partial charge in [-0.3, -0.25) is 19.0 Å². The van der Waals surface area contributed by atoms with E-state index in [9.17, 15) is 19.1 Å². The number of aliphatic hydroxyl groups is 1. The molecular formula is C29H32F2N6O3. The zero-order valence-corrected chi connectivity index (χ0v) is 22.7. The zero-order chi connectivity index (χ0) is 28.6. The Kier molecular flexibility index (Phi) is 7.66. The Labute approximate surface area is 230 Å². The molecule has 1 aliphatic heterocycles. The predicted molar refractivity (Wildman–Crippen MR) is 148 cm³/mol. The lowest BCUT2D eigenvalue weighted by Crippen LogP contribution is -2.55. The average Bonchev–Trinajstić information content (AvgIpc) is 3.17. The van der Waals surface area contributed by atoms with Gasteiger partial charge in [-0.1, -0.05) is 24.3 Å². The molecule has 4 aromatic rings. The first kappa shape index (κ1) is 27.4. The molecule has 1 amide bonds. The lowest BCUT2D eigenvalue weighted by atomic mass is 10.0. The van der Waals surface area contributed by atoms with Crippen LogP contribution in [-0.2, 0) is 24.8 Å². The van der Waals surface area contributed by atoms with Crippen molar-refractivity contribution in [2.45, 2.75) is 39.0 Å². The van der Waals surface area contributed by atoms with Crippen LogP contribution in [0, 0.1) is 5.82 Å². The Morgan fingerprint density at radius 3 is 2.50 bits per heavy atom. The van der Waals surface area contributed by atoms with E-state index in [0.717, 1.165) is 11.1 Å². The summed E-state index contributed by atoms with van der Waals surface area (Å²) >= 11 is 0. The number of rotatable bonds is 7. The highest BCUT2D eigenvalue weighted by molar-refractivity contribution is 5.85. The molecule has 1 fully saturated rings. The molecule has 3 heterocycles. The largest absolute Gasteiger partial charge is 0.387 e. The molecule has 40 heavy (non-hydrogen) atoms. The van der Waals surface area contributed by atoms with Crippen molar-refractivity contribution in [2.24, 2.45) is 7.05 Å². The van der Waals surface area contributed by atoms with Crippen molar-refractivity contribution < 1.29 is 18.7 Å². The molecule has 1 aliphatic rings. The molecule has 2 atom stereocenters. The second kappa shape index (κ2) is 11.2. The number of carbonyl (C=O) groups is 1. The smallest absolute Gasteiger partial charge is 0.274 e. The molecule has 1 N–H and O–H groups in total. The number of carbonyl (C=O) groups excluding carboxylic acids is 1. The topological polar surface area (TPSA) is 96.5 Å². The fourth-order valence-corrected chi connectivity index (χ4v) is 5.40. The van der Waals surface area contributed by atoms with E-state index in [-0.39, 0.29) is 34.9 Å². The number of hydrogen-bond donors (Lipinski definition) is 1. The van der Waals surface area contributed by atoms with Gasteiger partial charge in [0.2, 0.25) is 11.9 Å². The Morgan fingerprint density at radius 2 is 1.85 bits per heavy atom. The second-order valence-corrected chi connectivity index (χ2v) is 10.3. The number of fused-ring (bicyclic) bond motifs is 1. The molecular weight excluding hydrogens is 518 g/mol. The molecule has 0 aliphatic carbocycles. The van der Waals surface area contributed by atoms with Gasteiger partial charge in [0.05, 0.1) is 17.4 Å². The van der Waals surface area contributed by atoms with E-state index in [1.165, 1.54) is 17.7 Å². The Hall–Kier alpha value is -4.12. The summed E-state index contributed by atoms with van der Waals surface area (Å²) in [6.45, 7) is 4.66. The second-order valence-electron chi connectivity index (χ2n) is 10.3. The third-order valence-corrected chi connectivity index (χ3v) is 7.50. The van der Waals surface area contributed by atoms with Crippen molar-refractivity contribution in [1.29, 1.82) is 0 Å². The molecule has 0 spiro atoms. The van der Waals surface area contributed by atoms with Crippen LogP contribution in [0.1, 0.15) is 25.0 Å². The number of nitrogens with zero attached hydrogens (tertiary/aromatic N) is 6. The van der Waals surface area contributed by atoms with Crippen LogP contribution in [0.25, 0.3) is 22.0 Å². The molecule has 1 saturated heterocycles. The van der Waals surface area contributed by atoms with Crippen molar-refractivity contribution in [3.05, 3.63) is 76.1 Å². The van der Waals surface area contributed by atoms with Gasteiger partial charge in [0.1, 0.15) is 18.6 Å². The third-order valence-electron chi connectivity index (χ3n) is 7.50. The first-order chi connectivity index (χ1) is 19.2. The van der Waals surface area contributed by atoms with Crippen LogP contribution in [0.2, 0.25) is 0 Å². The van der Waals surface area contributed by atoms with Crippen molar-refractivity contribution >= 4 is 22.8 Å². The van der Waals surface area contributed by atoms with Gasteiger partial charge in [-0.2, -0.15) is 0 Å². The number of halogens is 2. The van der Waals surface area contributed by atoms with E-state index in [2.05, 4.69) is 9.97 Å². The maximum Gasteiger partial charge on any atom is 0.274 e. The van der Waals surface area contributed by atoms with E-state index < -0.39 is 18.6 Å². The summed E-state index contributed by atoms with van der Waals surface area (Å²) in [7, 11) is 1.63.